The van der Waals surface area contributed by atoms with Crippen molar-refractivity contribution in [3.05, 3.63) is 65.7 Å². The molecule has 2 heterocycles. The van der Waals surface area contributed by atoms with E-state index < -0.39 is 11.7 Å². The lowest BCUT2D eigenvalue weighted by atomic mass is 10.1. The first-order chi connectivity index (χ1) is 15.1. The molecule has 2 aliphatic rings. The molecule has 2 aromatic carbocycles. The van der Waals surface area contributed by atoms with Crippen LogP contribution in [0.3, 0.4) is 0 Å². The maximum absolute atomic E-state index is 14.1. The minimum atomic E-state index is -0.474. The van der Waals surface area contributed by atoms with Crippen LogP contribution in [0.2, 0.25) is 0 Å². The van der Waals surface area contributed by atoms with Gasteiger partial charge in [0.25, 0.3) is 5.91 Å². The molecule has 31 heavy (non-hydrogen) atoms. The standard InChI is InChI=1S/C24H26FN3O3/c25-19-9-2-1-8-18(19)16-22-24(30)28(20-10-3-4-11-21(20)31-22)17-23(29)26-12-7-15-27-13-5-6-14-27/h1-4,8-11,16H,5-7,12-15,17H2,(H,26,29)/p+1. The summed E-state index contributed by atoms with van der Waals surface area (Å²) in [6, 6.07) is 13.2. The molecule has 0 aliphatic carbocycles. The molecule has 2 amide bonds. The number of rotatable bonds is 7. The second-order valence-electron chi connectivity index (χ2n) is 7.90. The number of amides is 2. The van der Waals surface area contributed by atoms with Gasteiger partial charge in [0.15, 0.2) is 11.5 Å². The Balaban J connectivity index is 1.44. The lowest BCUT2D eigenvalue weighted by molar-refractivity contribution is -0.887. The molecule has 6 nitrogen and oxygen atoms in total. The largest absolute Gasteiger partial charge is 0.449 e. The Morgan fingerprint density at radius 2 is 1.87 bits per heavy atom. The number of ether oxygens (including phenoxy) is 1. The number of para-hydroxylation sites is 2. The van der Waals surface area contributed by atoms with E-state index in [1.54, 1.807) is 47.4 Å². The van der Waals surface area contributed by atoms with Gasteiger partial charge in [-0.3, -0.25) is 14.5 Å². The number of benzene rings is 2. The maximum atomic E-state index is 14.1. The summed E-state index contributed by atoms with van der Waals surface area (Å²) in [5, 5.41) is 2.91. The second-order valence-corrected chi connectivity index (χ2v) is 7.90. The van der Waals surface area contributed by atoms with Gasteiger partial charge in [-0.2, -0.15) is 0 Å². The Morgan fingerprint density at radius 1 is 1.13 bits per heavy atom. The van der Waals surface area contributed by atoms with E-state index in [2.05, 4.69) is 5.32 Å². The van der Waals surface area contributed by atoms with E-state index in [1.807, 2.05) is 0 Å². The normalized spacial score (nSPS) is 17.5. The zero-order chi connectivity index (χ0) is 21.6. The molecule has 0 radical (unpaired) electrons. The Bertz CT molecular complexity index is 986. The molecule has 2 aromatic rings. The van der Waals surface area contributed by atoms with E-state index in [9.17, 15) is 14.0 Å². The first kappa shape index (κ1) is 21.1. The number of carbonyl (C=O) groups is 2. The quantitative estimate of drug-likeness (QED) is 0.526. The molecule has 2 N–H and O–H groups in total. The molecule has 0 spiro atoms. The van der Waals surface area contributed by atoms with E-state index in [0.29, 0.717) is 18.0 Å². The molecule has 1 fully saturated rings. The van der Waals surface area contributed by atoms with Gasteiger partial charge in [0, 0.05) is 31.4 Å². The lowest BCUT2D eigenvalue weighted by Crippen LogP contribution is -3.10. The highest BCUT2D eigenvalue weighted by atomic mass is 19.1. The van der Waals surface area contributed by atoms with Crippen molar-refractivity contribution in [1.29, 1.82) is 0 Å². The van der Waals surface area contributed by atoms with Gasteiger partial charge < -0.3 is 15.0 Å². The predicted octanol–water partition coefficient (Wildman–Crippen LogP) is 1.78. The molecule has 4 rings (SSSR count). The topological polar surface area (TPSA) is 63.1 Å². The molecular formula is C24H27FN3O3+. The average Bonchev–Trinajstić information content (AvgIpc) is 3.29. The molecule has 0 bridgehead atoms. The fraction of sp³-hybridized carbons (Fsp3) is 0.333. The number of quaternary nitrogens is 1. The Labute approximate surface area is 181 Å². The molecule has 0 atom stereocenters. The highest BCUT2D eigenvalue weighted by Gasteiger charge is 2.31. The first-order valence-corrected chi connectivity index (χ1v) is 10.8. The van der Waals surface area contributed by atoms with Crippen molar-refractivity contribution in [1.82, 2.24) is 5.32 Å². The van der Waals surface area contributed by atoms with Crippen molar-refractivity contribution in [2.45, 2.75) is 19.3 Å². The van der Waals surface area contributed by atoms with Crippen LogP contribution in [-0.4, -0.2) is 44.5 Å². The zero-order valence-corrected chi connectivity index (χ0v) is 17.4. The summed E-state index contributed by atoms with van der Waals surface area (Å²) in [7, 11) is 0. The Hall–Kier alpha value is -3.19. The first-order valence-electron chi connectivity index (χ1n) is 10.8. The third kappa shape index (κ3) is 5.11. The summed E-state index contributed by atoms with van der Waals surface area (Å²) in [4.78, 5) is 28.6. The van der Waals surface area contributed by atoms with Crippen molar-refractivity contribution in [3.8, 4) is 5.75 Å². The van der Waals surface area contributed by atoms with Crippen LogP contribution >= 0.6 is 0 Å². The van der Waals surface area contributed by atoms with E-state index in [1.165, 1.54) is 43.0 Å². The minimum absolute atomic E-state index is 0.0192. The fourth-order valence-electron chi connectivity index (χ4n) is 4.04. The van der Waals surface area contributed by atoms with Gasteiger partial charge in [0.1, 0.15) is 12.4 Å². The molecule has 0 saturated carbocycles. The Kier molecular flexibility index (Phi) is 6.62. The van der Waals surface area contributed by atoms with Gasteiger partial charge in [-0.25, -0.2) is 4.39 Å². The fourth-order valence-corrected chi connectivity index (χ4v) is 4.04. The van der Waals surface area contributed by atoms with Gasteiger partial charge in [0.05, 0.1) is 25.3 Å². The molecule has 1 saturated heterocycles. The van der Waals surface area contributed by atoms with Crippen LogP contribution in [0.5, 0.6) is 5.75 Å². The summed E-state index contributed by atoms with van der Waals surface area (Å²) in [5.41, 5.74) is 0.772. The SMILES string of the molecule is O=C(CN1C(=O)C(=Cc2ccccc2F)Oc2ccccc21)NCCC[NH+]1CCCC1. The minimum Gasteiger partial charge on any atom is -0.449 e. The van der Waals surface area contributed by atoms with Gasteiger partial charge in [0.2, 0.25) is 5.91 Å². The summed E-state index contributed by atoms with van der Waals surface area (Å²) < 4.78 is 19.8. The van der Waals surface area contributed by atoms with Gasteiger partial charge in [-0.05, 0) is 24.3 Å². The van der Waals surface area contributed by atoms with Gasteiger partial charge in [-0.1, -0.05) is 30.3 Å². The number of hydrogen-bond donors (Lipinski definition) is 2. The molecule has 162 valence electrons. The Morgan fingerprint density at radius 3 is 2.68 bits per heavy atom. The third-order valence-corrected chi connectivity index (χ3v) is 5.67. The van der Waals surface area contributed by atoms with Crippen molar-refractivity contribution >= 4 is 23.6 Å². The second kappa shape index (κ2) is 9.75. The van der Waals surface area contributed by atoms with E-state index in [4.69, 9.17) is 4.74 Å². The smallest absolute Gasteiger partial charge is 0.294 e. The lowest BCUT2D eigenvalue weighted by Gasteiger charge is -2.30. The molecule has 0 unspecified atom stereocenters. The molecule has 0 aromatic heterocycles. The summed E-state index contributed by atoms with van der Waals surface area (Å²) in [6.45, 7) is 3.94. The molecule has 7 heteroatoms. The van der Waals surface area contributed by atoms with Crippen LogP contribution in [-0.2, 0) is 9.59 Å². The van der Waals surface area contributed by atoms with E-state index in [0.717, 1.165) is 13.0 Å². The highest BCUT2D eigenvalue weighted by molar-refractivity contribution is 6.12. The van der Waals surface area contributed by atoms with Crippen molar-refractivity contribution in [3.63, 3.8) is 0 Å². The maximum Gasteiger partial charge on any atom is 0.294 e. The van der Waals surface area contributed by atoms with Crippen molar-refractivity contribution < 1.29 is 23.6 Å². The summed E-state index contributed by atoms with van der Waals surface area (Å²) in [5.74, 6) is -0.718. The van der Waals surface area contributed by atoms with Crippen LogP contribution in [0.25, 0.3) is 6.08 Å². The zero-order valence-electron chi connectivity index (χ0n) is 17.4. The van der Waals surface area contributed by atoms with E-state index in [-0.39, 0.29) is 23.8 Å². The average molecular weight is 424 g/mol. The van der Waals surface area contributed by atoms with Gasteiger partial charge >= 0.3 is 0 Å². The van der Waals surface area contributed by atoms with Crippen LogP contribution in [0.15, 0.2) is 54.3 Å². The number of likely N-dealkylation sites (tertiary alicyclic amines) is 1. The van der Waals surface area contributed by atoms with Crippen molar-refractivity contribution in [2.24, 2.45) is 0 Å². The van der Waals surface area contributed by atoms with Crippen LogP contribution in [0, 0.1) is 5.82 Å². The molecular weight excluding hydrogens is 397 g/mol. The van der Waals surface area contributed by atoms with E-state index >= 15 is 0 Å². The molecule has 2 aliphatic heterocycles. The predicted molar refractivity (Wildman–Crippen MR) is 116 cm³/mol. The number of nitrogens with one attached hydrogen (secondary N) is 2. The van der Waals surface area contributed by atoms with Gasteiger partial charge in [-0.15, -0.1) is 0 Å². The number of fused-ring (bicyclic) bond motifs is 1. The summed E-state index contributed by atoms with van der Waals surface area (Å²) >= 11 is 0. The van der Waals surface area contributed by atoms with Crippen LogP contribution in [0.1, 0.15) is 24.8 Å². The number of carbonyl (C=O) groups excluding carboxylic acids is 2. The monoisotopic (exact) mass is 424 g/mol. The third-order valence-electron chi connectivity index (χ3n) is 5.67. The number of hydrogen-bond acceptors (Lipinski definition) is 3. The van der Waals surface area contributed by atoms with Crippen molar-refractivity contribution in [2.75, 3.05) is 37.6 Å². The van der Waals surface area contributed by atoms with Crippen LogP contribution < -0.4 is 19.9 Å². The van der Waals surface area contributed by atoms with Crippen LogP contribution in [0.4, 0.5) is 10.1 Å². The number of nitrogens with zero attached hydrogens (tertiary/aromatic N) is 1. The number of anilines is 1. The number of halogens is 1. The highest BCUT2D eigenvalue weighted by Crippen LogP contribution is 2.35. The summed E-state index contributed by atoms with van der Waals surface area (Å²) in [6.07, 6.45) is 4.84.